The first kappa shape index (κ1) is 13.4. The van der Waals surface area contributed by atoms with Crippen molar-refractivity contribution in [2.75, 3.05) is 26.2 Å². The van der Waals surface area contributed by atoms with Gasteiger partial charge in [-0.3, -0.25) is 4.79 Å². The third-order valence-corrected chi connectivity index (χ3v) is 3.62. The normalized spacial score (nSPS) is 15.8. The highest BCUT2D eigenvalue weighted by Crippen LogP contribution is 2.17. The zero-order valence-electron chi connectivity index (χ0n) is 10.7. The number of hydrogen-bond donors (Lipinski definition) is 1. The molecule has 1 fully saturated rings. The summed E-state index contributed by atoms with van der Waals surface area (Å²) in [7, 11) is 0. The van der Waals surface area contributed by atoms with Crippen LogP contribution in [0, 0.1) is 6.92 Å². The minimum Gasteiger partial charge on any atom is -0.340 e. The lowest BCUT2D eigenvalue weighted by atomic mass is 10.0. The van der Waals surface area contributed by atoms with Crippen LogP contribution in [0.4, 0.5) is 0 Å². The predicted octanol–water partition coefficient (Wildman–Crippen LogP) is 2.01. The van der Waals surface area contributed by atoms with E-state index in [9.17, 15) is 4.79 Å². The lowest BCUT2D eigenvalue weighted by molar-refractivity contribution is -0.131. The molecule has 4 heteroatoms. The maximum atomic E-state index is 12.0. The number of hydrogen-bond acceptors (Lipinski definition) is 2. The molecule has 2 rings (SSSR count). The fourth-order valence-corrected chi connectivity index (χ4v) is 2.48. The molecule has 98 valence electrons. The molecule has 0 saturated carbocycles. The van der Waals surface area contributed by atoms with Crippen LogP contribution < -0.4 is 5.32 Å². The molecule has 0 atom stereocenters. The standard InChI is InChI=1S/C14H19ClN2O/c1-11-10-13(15)4-2-12(11)3-5-14(18)17-8-6-16-7-9-17/h2,4,10,16H,3,5-9H2,1H3. The van der Waals surface area contributed by atoms with Gasteiger partial charge in [0.25, 0.3) is 0 Å². The number of halogens is 1. The van der Waals surface area contributed by atoms with Crippen molar-refractivity contribution >= 4 is 17.5 Å². The van der Waals surface area contributed by atoms with E-state index in [0.717, 1.165) is 43.2 Å². The zero-order valence-corrected chi connectivity index (χ0v) is 11.5. The maximum Gasteiger partial charge on any atom is 0.222 e. The van der Waals surface area contributed by atoms with Gasteiger partial charge in [0.1, 0.15) is 0 Å². The minimum atomic E-state index is 0.255. The molecule has 1 aliphatic heterocycles. The summed E-state index contributed by atoms with van der Waals surface area (Å²) in [5.74, 6) is 0.255. The second-order valence-electron chi connectivity index (χ2n) is 4.70. The van der Waals surface area contributed by atoms with Crippen molar-refractivity contribution in [1.29, 1.82) is 0 Å². The topological polar surface area (TPSA) is 32.3 Å². The van der Waals surface area contributed by atoms with Gasteiger partial charge in [0.2, 0.25) is 5.91 Å². The average molecular weight is 267 g/mol. The monoisotopic (exact) mass is 266 g/mol. The highest BCUT2D eigenvalue weighted by atomic mass is 35.5. The number of rotatable bonds is 3. The van der Waals surface area contributed by atoms with E-state index in [0.29, 0.717) is 6.42 Å². The van der Waals surface area contributed by atoms with E-state index in [4.69, 9.17) is 11.6 Å². The number of nitrogens with zero attached hydrogens (tertiary/aromatic N) is 1. The van der Waals surface area contributed by atoms with Crippen LogP contribution in [0.1, 0.15) is 17.5 Å². The summed E-state index contributed by atoms with van der Waals surface area (Å²) in [5, 5.41) is 4.00. The van der Waals surface area contributed by atoms with Gasteiger partial charge < -0.3 is 10.2 Å². The summed E-state index contributed by atoms with van der Waals surface area (Å²) in [6.07, 6.45) is 1.38. The van der Waals surface area contributed by atoms with Gasteiger partial charge in [0.05, 0.1) is 0 Å². The van der Waals surface area contributed by atoms with Gasteiger partial charge >= 0.3 is 0 Å². The molecule has 0 unspecified atom stereocenters. The van der Waals surface area contributed by atoms with Crippen LogP contribution >= 0.6 is 11.6 Å². The molecule has 0 spiro atoms. The molecule has 1 N–H and O–H groups in total. The fraction of sp³-hybridized carbons (Fsp3) is 0.500. The van der Waals surface area contributed by atoms with Crippen molar-refractivity contribution < 1.29 is 4.79 Å². The first-order valence-corrected chi connectivity index (χ1v) is 6.78. The van der Waals surface area contributed by atoms with E-state index in [1.165, 1.54) is 5.56 Å². The lowest BCUT2D eigenvalue weighted by Gasteiger charge is -2.27. The van der Waals surface area contributed by atoms with E-state index in [1.54, 1.807) is 0 Å². The quantitative estimate of drug-likeness (QED) is 0.908. The Morgan fingerprint density at radius 1 is 1.39 bits per heavy atom. The Morgan fingerprint density at radius 3 is 2.78 bits per heavy atom. The summed E-state index contributed by atoms with van der Waals surface area (Å²) < 4.78 is 0. The number of carbonyl (C=O) groups excluding carboxylic acids is 1. The van der Waals surface area contributed by atoms with Crippen molar-refractivity contribution in [3.05, 3.63) is 34.3 Å². The molecule has 1 heterocycles. The van der Waals surface area contributed by atoms with E-state index < -0.39 is 0 Å². The van der Waals surface area contributed by atoms with E-state index in [2.05, 4.69) is 5.32 Å². The fourth-order valence-electron chi connectivity index (χ4n) is 2.25. The van der Waals surface area contributed by atoms with Crippen LogP contribution in [0.25, 0.3) is 0 Å². The molecule has 1 saturated heterocycles. The number of carbonyl (C=O) groups is 1. The molecule has 1 amide bonds. The van der Waals surface area contributed by atoms with Gasteiger partial charge in [0, 0.05) is 37.6 Å². The number of piperazine rings is 1. The largest absolute Gasteiger partial charge is 0.340 e. The number of aryl methyl sites for hydroxylation is 2. The molecule has 0 aliphatic carbocycles. The van der Waals surface area contributed by atoms with Crippen molar-refractivity contribution in [2.45, 2.75) is 19.8 Å². The minimum absolute atomic E-state index is 0.255. The van der Waals surface area contributed by atoms with E-state index in [-0.39, 0.29) is 5.91 Å². The first-order valence-electron chi connectivity index (χ1n) is 6.40. The number of amides is 1. The maximum absolute atomic E-state index is 12.0. The number of benzene rings is 1. The Morgan fingerprint density at radius 2 is 2.11 bits per heavy atom. The Balaban J connectivity index is 1.88. The van der Waals surface area contributed by atoms with Crippen molar-refractivity contribution in [1.82, 2.24) is 10.2 Å². The highest BCUT2D eigenvalue weighted by Gasteiger charge is 2.15. The van der Waals surface area contributed by atoms with Crippen LogP contribution in [0.5, 0.6) is 0 Å². The molecular weight excluding hydrogens is 248 g/mol. The Bertz CT molecular complexity index is 428. The zero-order chi connectivity index (χ0) is 13.0. The van der Waals surface area contributed by atoms with Gasteiger partial charge in [-0.2, -0.15) is 0 Å². The second kappa shape index (κ2) is 6.21. The van der Waals surface area contributed by atoms with Gasteiger partial charge in [-0.1, -0.05) is 17.7 Å². The third-order valence-electron chi connectivity index (χ3n) is 3.38. The summed E-state index contributed by atoms with van der Waals surface area (Å²) in [4.78, 5) is 14.0. The number of nitrogens with one attached hydrogen (secondary N) is 1. The molecule has 1 aromatic rings. The van der Waals surface area contributed by atoms with Crippen LogP contribution in [0.2, 0.25) is 5.02 Å². The first-order chi connectivity index (χ1) is 8.66. The van der Waals surface area contributed by atoms with Crippen LogP contribution in [-0.4, -0.2) is 37.0 Å². The molecule has 18 heavy (non-hydrogen) atoms. The van der Waals surface area contributed by atoms with Gasteiger partial charge in [-0.15, -0.1) is 0 Å². The van der Waals surface area contributed by atoms with Crippen LogP contribution in [-0.2, 0) is 11.2 Å². The summed E-state index contributed by atoms with van der Waals surface area (Å²) in [5.41, 5.74) is 2.37. The van der Waals surface area contributed by atoms with Crippen LogP contribution in [0.3, 0.4) is 0 Å². The smallest absolute Gasteiger partial charge is 0.222 e. The van der Waals surface area contributed by atoms with Crippen molar-refractivity contribution in [2.24, 2.45) is 0 Å². The second-order valence-corrected chi connectivity index (χ2v) is 5.14. The van der Waals surface area contributed by atoms with Crippen LogP contribution in [0.15, 0.2) is 18.2 Å². The van der Waals surface area contributed by atoms with Gasteiger partial charge in [0.15, 0.2) is 0 Å². The molecule has 1 aliphatic rings. The molecule has 3 nitrogen and oxygen atoms in total. The predicted molar refractivity (Wildman–Crippen MR) is 74.0 cm³/mol. The third kappa shape index (κ3) is 3.47. The molecule has 0 radical (unpaired) electrons. The highest BCUT2D eigenvalue weighted by molar-refractivity contribution is 6.30. The summed E-state index contributed by atoms with van der Waals surface area (Å²) >= 11 is 5.92. The Kier molecular flexibility index (Phi) is 4.61. The Hall–Kier alpha value is -1.06. The van der Waals surface area contributed by atoms with Crippen molar-refractivity contribution in [3.63, 3.8) is 0 Å². The molecular formula is C14H19ClN2O. The van der Waals surface area contributed by atoms with Gasteiger partial charge in [-0.05, 0) is 36.6 Å². The molecule has 0 bridgehead atoms. The summed E-state index contributed by atoms with van der Waals surface area (Å²) in [6.45, 7) is 5.52. The van der Waals surface area contributed by atoms with E-state index >= 15 is 0 Å². The van der Waals surface area contributed by atoms with E-state index in [1.807, 2.05) is 30.0 Å². The Labute approximate surface area is 113 Å². The average Bonchev–Trinajstić information content (AvgIpc) is 2.38. The molecule has 1 aromatic carbocycles. The van der Waals surface area contributed by atoms with Gasteiger partial charge in [-0.25, -0.2) is 0 Å². The van der Waals surface area contributed by atoms with Crippen molar-refractivity contribution in [3.8, 4) is 0 Å². The lowest BCUT2D eigenvalue weighted by Crippen LogP contribution is -2.46. The SMILES string of the molecule is Cc1cc(Cl)ccc1CCC(=O)N1CCNCC1. The summed E-state index contributed by atoms with van der Waals surface area (Å²) in [6, 6.07) is 5.86. The molecule has 0 aromatic heterocycles.